The minimum Gasteiger partial charge on any atom is -0.478 e. The second-order valence-electron chi connectivity index (χ2n) is 5.81. The highest BCUT2D eigenvalue weighted by molar-refractivity contribution is 5.97. The number of amides is 1. The summed E-state index contributed by atoms with van der Waals surface area (Å²) in [5.74, 6) is -1.31. The molecule has 0 saturated heterocycles. The van der Waals surface area contributed by atoms with Crippen molar-refractivity contribution in [1.82, 2.24) is 10.3 Å². The van der Waals surface area contributed by atoms with Gasteiger partial charge in [-0.3, -0.25) is 9.78 Å². The molecule has 1 fully saturated rings. The monoisotopic (exact) mass is 288 g/mol. The van der Waals surface area contributed by atoms with E-state index in [0.717, 1.165) is 18.9 Å². The molecule has 0 bridgehead atoms. The third-order valence-electron chi connectivity index (χ3n) is 3.95. The van der Waals surface area contributed by atoms with Crippen LogP contribution >= 0.6 is 0 Å². The van der Waals surface area contributed by atoms with Gasteiger partial charge in [-0.1, -0.05) is 25.8 Å². The number of aliphatic carboxylic acids is 1. The Morgan fingerprint density at radius 3 is 2.81 bits per heavy atom. The van der Waals surface area contributed by atoms with E-state index in [0.29, 0.717) is 12.1 Å². The third kappa shape index (κ3) is 4.15. The minimum atomic E-state index is -1.05. The van der Waals surface area contributed by atoms with Crippen LogP contribution in [0.2, 0.25) is 0 Å². The lowest BCUT2D eigenvalue weighted by molar-refractivity contribution is -0.131. The van der Waals surface area contributed by atoms with Crippen molar-refractivity contribution < 1.29 is 14.7 Å². The fourth-order valence-corrected chi connectivity index (χ4v) is 2.69. The average molecular weight is 288 g/mol. The molecule has 0 atom stereocenters. The SMILES string of the molecule is CC1(CNC(=O)c2ncccc2/C=C/C(=O)O)CCCC1. The van der Waals surface area contributed by atoms with Gasteiger partial charge in [-0.25, -0.2) is 4.79 Å². The van der Waals surface area contributed by atoms with Gasteiger partial charge in [0.15, 0.2) is 0 Å². The summed E-state index contributed by atoms with van der Waals surface area (Å²) in [4.78, 5) is 26.9. The molecule has 0 radical (unpaired) electrons. The molecule has 1 saturated carbocycles. The zero-order valence-corrected chi connectivity index (χ0v) is 12.1. The Balaban J connectivity index is 2.06. The number of rotatable bonds is 5. The molecule has 5 nitrogen and oxygen atoms in total. The number of nitrogens with zero attached hydrogens (tertiary/aromatic N) is 1. The van der Waals surface area contributed by atoms with Crippen LogP contribution in [-0.2, 0) is 4.79 Å². The van der Waals surface area contributed by atoms with Crippen LogP contribution in [0.15, 0.2) is 24.4 Å². The van der Waals surface area contributed by atoms with Crippen LogP contribution in [0.3, 0.4) is 0 Å². The normalized spacial score (nSPS) is 17.0. The third-order valence-corrected chi connectivity index (χ3v) is 3.95. The first-order chi connectivity index (χ1) is 10.0. The summed E-state index contributed by atoms with van der Waals surface area (Å²) in [5.41, 5.74) is 0.937. The van der Waals surface area contributed by atoms with E-state index in [4.69, 9.17) is 5.11 Å². The Morgan fingerprint density at radius 1 is 1.43 bits per heavy atom. The largest absolute Gasteiger partial charge is 0.478 e. The van der Waals surface area contributed by atoms with Crippen LogP contribution in [-0.4, -0.2) is 28.5 Å². The van der Waals surface area contributed by atoms with Crippen molar-refractivity contribution in [2.24, 2.45) is 5.41 Å². The number of carbonyl (C=O) groups excluding carboxylic acids is 1. The molecule has 0 unspecified atom stereocenters. The lowest BCUT2D eigenvalue weighted by Crippen LogP contribution is -2.34. The molecule has 0 aromatic carbocycles. The Labute approximate surface area is 124 Å². The average Bonchev–Trinajstić information content (AvgIpc) is 2.90. The van der Waals surface area contributed by atoms with E-state index in [2.05, 4.69) is 17.2 Å². The lowest BCUT2D eigenvalue weighted by Gasteiger charge is -2.23. The molecule has 2 rings (SSSR count). The summed E-state index contributed by atoms with van der Waals surface area (Å²) >= 11 is 0. The Morgan fingerprint density at radius 2 is 2.14 bits per heavy atom. The molecule has 0 spiro atoms. The molecule has 2 N–H and O–H groups in total. The standard InChI is InChI=1S/C16H20N2O3/c1-16(8-2-3-9-16)11-18-15(21)14-12(5-4-10-17-14)6-7-13(19)20/h4-7,10H,2-3,8-9,11H2,1H3,(H,18,21)(H,19,20)/b7-6+. The zero-order chi connectivity index (χ0) is 15.3. The number of hydrogen-bond acceptors (Lipinski definition) is 3. The Kier molecular flexibility index (Phi) is 4.73. The summed E-state index contributed by atoms with van der Waals surface area (Å²) < 4.78 is 0. The number of carbonyl (C=O) groups is 2. The molecule has 1 aliphatic rings. The van der Waals surface area contributed by atoms with Crippen LogP contribution in [0.25, 0.3) is 6.08 Å². The predicted molar refractivity (Wildman–Crippen MR) is 79.8 cm³/mol. The van der Waals surface area contributed by atoms with E-state index < -0.39 is 5.97 Å². The number of carboxylic acids is 1. The van der Waals surface area contributed by atoms with Crippen LogP contribution in [0.1, 0.15) is 48.7 Å². The van der Waals surface area contributed by atoms with Gasteiger partial charge in [-0.15, -0.1) is 0 Å². The number of hydrogen-bond donors (Lipinski definition) is 2. The van der Waals surface area contributed by atoms with Crippen LogP contribution < -0.4 is 5.32 Å². The second-order valence-corrected chi connectivity index (χ2v) is 5.81. The lowest BCUT2D eigenvalue weighted by atomic mass is 9.89. The molecule has 112 valence electrons. The van der Waals surface area contributed by atoms with Crippen molar-refractivity contribution in [2.45, 2.75) is 32.6 Å². The number of aromatic nitrogens is 1. The molecular formula is C16H20N2O3. The van der Waals surface area contributed by atoms with Crippen molar-refractivity contribution >= 4 is 18.0 Å². The molecule has 1 amide bonds. The maximum Gasteiger partial charge on any atom is 0.328 e. The van der Waals surface area contributed by atoms with Gasteiger partial charge in [0.1, 0.15) is 5.69 Å². The highest BCUT2D eigenvalue weighted by atomic mass is 16.4. The van der Waals surface area contributed by atoms with Gasteiger partial charge >= 0.3 is 5.97 Å². The molecule has 1 aromatic heterocycles. The predicted octanol–water partition coefficient (Wildman–Crippen LogP) is 2.49. The van der Waals surface area contributed by atoms with Gasteiger partial charge in [0.05, 0.1) is 0 Å². The maximum atomic E-state index is 12.3. The Hall–Kier alpha value is -2.17. The highest BCUT2D eigenvalue weighted by Crippen LogP contribution is 2.36. The number of nitrogens with one attached hydrogen (secondary N) is 1. The van der Waals surface area contributed by atoms with Gasteiger partial charge in [0, 0.05) is 24.4 Å². The fourth-order valence-electron chi connectivity index (χ4n) is 2.69. The van der Waals surface area contributed by atoms with Gasteiger partial charge in [-0.2, -0.15) is 0 Å². The quantitative estimate of drug-likeness (QED) is 0.816. The maximum absolute atomic E-state index is 12.3. The summed E-state index contributed by atoms with van der Waals surface area (Å²) in [5, 5.41) is 11.6. The minimum absolute atomic E-state index is 0.168. The van der Waals surface area contributed by atoms with Crippen molar-refractivity contribution in [3.05, 3.63) is 35.7 Å². The van der Waals surface area contributed by atoms with Gasteiger partial charge in [0.2, 0.25) is 0 Å². The molecule has 21 heavy (non-hydrogen) atoms. The van der Waals surface area contributed by atoms with Crippen LogP contribution in [0.5, 0.6) is 0 Å². The first kappa shape index (κ1) is 15.2. The summed E-state index contributed by atoms with van der Waals surface area (Å²) in [7, 11) is 0. The van der Waals surface area contributed by atoms with E-state index in [1.165, 1.54) is 25.1 Å². The summed E-state index contributed by atoms with van der Waals surface area (Å²) in [6.45, 7) is 2.81. The fraction of sp³-hybridized carbons (Fsp3) is 0.438. The van der Waals surface area contributed by atoms with Gasteiger partial charge < -0.3 is 10.4 Å². The van der Waals surface area contributed by atoms with Crippen LogP contribution in [0.4, 0.5) is 0 Å². The van der Waals surface area contributed by atoms with E-state index in [1.807, 2.05) is 0 Å². The summed E-state index contributed by atoms with van der Waals surface area (Å²) in [6.07, 6.45) is 8.60. The zero-order valence-electron chi connectivity index (χ0n) is 12.1. The first-order valence-electron chi connectivity index (χ1n) is 7.14. The van der Waals surface area contributed by atoms with Crippen molar-refractivity contribution in [1.29, 1.82) is 0 Å². The van der Waals surface area contributed by atoms with Crippen LogP contribution in [0, 0.1) is 5.41 Å². The first-order valence-corrected chi connectivity index (χ1v) is 7.14. The highest BCUT2D eigenvalue weighted by Gasteiger charge is 2.29. The molecule has 1 heterocycles. The molecule has 5 heteroatoms. The second kappa shape index (κ2) is 6.52. The van der Waals surface area contributed by atoms with Crippen molar-refractivity contribution in [3.8, 4) is 0 Å². The molecule has 1 aromatic rings. The van der Waals surface area contributed by atoms with Gasteiger partial charge in [0.25, 0.3) is 5.91 Å². The van der Waals surface area contributed by atoms with E-state index >= 15 is 0 Å². The number of pyridine rings is 1. The van der Waals surface area contributed by atoms with Gasteiger partial charge in [-0.05, 0) is 30.4 Å². The smallest absolute Gasteiger partial charge is 0.328 e. The van der Waals surface area contributed by atoms with Crippen molar-refractivity contribution in [2.75, 3.05) is 6.54 Å². The molecule has 0 aliphatic heterocycles. The number of carboxylic acid groups (broad SMARTS) is 1. The Bertz CT molecular complexity index is 560. The van der Waals surface area contributed by atoms with E-state index in [-0.39, 0.29) is 17.0 Å². The van der Waals surface area contributed by atoms with Crippen molar-refractivity contribution in [3.63, 3.8) is 0 Å². The molecular weight excluding hydrogens is 268 g/mol. The molecule has 1 aliphatic carbocycles. The topological polar surface area (TPSA) is 79.3 Å². The van der Waals surface area contributed by atoms with E-state index in [1.54, 1.807) is 12.1 Å². The summed E-state index contributed by atoms with van der Waals surface area (Å²) in [6, 6.07) is 3.36. The van der Waals surface area contributed by atoms with E-state index in [9.17, 15) is 9.59 Å².